The van der Waals surface area contributed by atoms with Gasteiger partial charge in [-0.05, 0) is 29.8 Å². The third kappa shape index (κ3) is 4.92. The zero-order valence-corrected chi connectivity index (χ0v) is 17.7. The molecule has 4 rings (SSSR count). The van der Waals surface area contributed by atoms with Crippen LogP contribution in [0.3, 0.4) is 0 Å². The maximum atomic E-state index is 12.7. The van der Waals surface area contributed by atoms with Crippen LogP contribution in [0.25, 0.3) is 0 Å². The molecule has 9 heteroatoms. The molecule has 2 aliphatic rings. The fourth-order valence-corrected chi connectivity index (χ4v) is 4.44. The highest BCUT2D eigenvalue weighted by molar-refractivity contribution is 7.88. The number of carbonyl (C=O) groups excluding carboxylic acids is 1. The summed E-state index contributed by atoms with van der Waals surface area (Å²) in [5.74, 6) is 1.11. The number of piperazine rings is 1. The Balaban J connectivity index is 1.38. The van der Waals surface area contributed by atoms with E-state index in [1.54, 1.807) is 24.3 Å². The number of ether oxygens (including phenoxy) is 2. The summed E-state index contributed by atoms with van der Waals surface area (Å²) in [7, 11) is -3.14. The highest BCUT2D eigenvalue weighted by Crippen LogP contribution is 2.32. The number of nitrogens with zero attached hydrogens (tertiary/aromatic N) is 2. The normalized spacial score (nSPS) is 17.5. The molecule has 0 saturated carbocycles. The van der Waals surface area contributed by atoms with Gasteiger partial charge in [0, 0.05) is 50.0 Å². The van der Waals surface area contributed by atoms with Gasteiger partial charge in [-0.2, -0.15) is 4.31 Å². The predicted molar refractivity (Wildman–Crippen MR) is 114 cm³/mol. The lowest BCUT2D eigenvalue weighted by atomic mass is 10.1. The van der Waals surface area contributed by atoms with Crippen molar-refractivity contribution in [2.24, 2.45) is 0 Å². The number of carbonyl (C=O) groups is 1. The highest BCUT2D eigenvalue weighted by atomic mass is 32.2. The summed E-state index contributed by atoms with van der Waals surface area (Å²) in [5.41, 5.74) is 2.22. The number of sulfonamides is 1. The molecule has 0 aliphatic carbocycles. The van der Waals surface area contributed by atoms with Crippen LogP contribution < -0.4 is 14.8 Å². The van der Waals surface area contributed by atoms with Gasteiger partial charge in [0.25, 0.3) is 5.91 Å². The van der Waals surface area contributed by atoms with Crippen molar-refractivity contribution in [3.63, 3.8) is 0 Å². The van der Waals surface area contributed by atoms with Crippen molar-refractivity contribution in [2.45, 2.75) is 6.54 Å². The molecular formula is C21H25N3O5S. The molecule has 1 fully saturated rings. The first-order chi connectivity index (χ1) is 14.4. The fraction of sp³-hybridized carbons (Fsp3) is 0.381. The lowest BCUT2D eigenvalue weighted by Gasteiger charge is -2.33. The summed E-state index contributed by atoms with van der Waals surface area (Å²) < 4.78 is 35.9. The standard InChI is InChI=1S/C21H25N3O5S/c1-30(26,27)24-9-7-23(8-10-24)15-16-3-2-4-17(13-16)21(25)22-18-5-6-19-20(14-18)29-12-11-28-19/h2-6,13-14H,7-12,15H2,1H3,(H,22,25). The Morgan fingerprint density at radius 2 is 1.73 bits per heavy atom. The monoisotopic (exact) mass is 431 g/mol. The second kappa shape index (κ2) is 8.63. The first kappa shape index (κ1) is 20.6. The van der Waals surface area contributed by atoms with Gasteiger partial charge >= 0.3 is 0 Å². The van der Waals surface area contributed by atoms with Crippen molar-refractivity contribution in [3.05, 3.63) is 53.6 Å². The van der Waals surface area contributed by atoms with E-state index in [1.165, 1.54) is 10.6 Å². The smallest absolute Gasteiger partial charge is 0.255 e. The third-order valence-electron chi connectivity index (χ3n) is 5.20. The zero-order valence-electron chi connectivity index (χ0n) is 16.8. The van der Waals surface area contributed by atoms with Gasteiger partial charge in [-0.3, -0.25) is 9.69 Å². The average molecular weight is 432 g/mol. The van der Waals surface area contributed by atoms with Crippen LogP contribution in [0.5, 0.6) is 11.5 Å². The molecule has 1 amide bonds. The molecule has 0 spiro atoms. The predicted octanol–water partition coefficient (Wildman–Crippen LogP) is 1.79. The molecule has 0 bridgehead atoms. The number of rotatable bonds is 5. The molecule has 2 aromatic rings. The highest BCUT2D eigenvalue weighted by Gasteiger charge is 2.23. The Morgan fingerprint density at radius 3 is 2.47 bits per heavy atom. The van der Waals surface area contributed by atoms with E-state index in [0.717, 1.165) is 5.56 Å². The van der Waals surface area contributed by atoms with Crippen molar-refractivity contribution >= 4 is 21.6 Å². The van der Waals surface area contributed by atoms with Crippen LogP contribution in [0.4, 0.5) is 5.69 Å². The van der Waals surface area contributed by atoms with Gasteiger partial charge < -0.3 is 14.8 Å². The van der Waals surface area contributed by atoms with Crippen LogP contribution in [0, 0.1) is 0 Å². The molecule has 2 aliphatic heterocycles. The minimum Gasteiger partial charge on any atom is -0.486 e. The Kier molecular flexibility index (Phi) is 5.94. The molecule has 0 aromatic heterocycles. The average Bonchev–Trinajstić information content (AvgIpc) is 2.73. The molecule has 0 atom stereocenters. The first-order valence-corrected chi connectivity index (χ1v) is 11.7. The van der Waals surface area contributed by atoms with Gasteiger partial charge in [-0.15, -0.1) is 0 Å². The van der Waals surface area contributed by atoms with E-state index in [4.69, 9.17) is 9.47 Å². The van der Waals surface area contributed by atoms with Crippen LogP contribution >= 0.6 is 0 Å². The number of anilines is 1. The maximum Gasteiger partial charge on any atom is 0.255 e. The van der Waals surface area contributed by atoms with E-state index in [1.807, 2.05) is 18.2 Å². The summed E-state index contributed by atoms with van der Waals surface area (Å²) in [6.07, 6.45) is 1.24. The van der Waals surface area contributed by atoms with E-state index < -0.39 is 10.0 Å². The molecule has 2 aromatic carbocycles. The van der Waals surface area contributed by atoms with Crippen LogP contribution in [-0.4, -0.2) is 69.2 Å². The van der Waals surface area contributed by atoms with Crippen molar-refractivity contribution in [1.82, 2.24) is 9.21 Å². The Labute approximate surface area is 176 Å². The van der Waals surface area contributed by atoms with E-state index in [-0.39, 0.29) is 5.91 Å². The molecule has 0 unspecified atom stereocenters. The quantitative estimate of drug-likeness (QED) is 0.777. The number of fused-ring (bicyclic) bond motifs is 1. The Bertz CT molecular complexity index is 1030. The summed E-state index contributed by atoms with van der Waals surface area (Å²) in [6.45, 7) is 4.00. The van der Waals surface area contributed by atoms with Gasteiger partial charge in [0.1, 0.15) is 13.2 Å². The van der Waals surface area contributed by atoms with Gasteiger partial charge in [-0.1, -0.05) is 12.1 Å². The Morgan fingerprint density at radius 1 is 1.00 bits per heavy atom. The zero-order chi connectivity index (χ0) is 21.1. The summed E-state index contributed by atoms with van der Waals surface area (Å²) in [4.78, 5) is 14.9. The van der Waals surface area contributed by atoms with Gasteiger partial charge in [-0.25, -0.2) is 8.42 Å². The minimum absolute atomic E-state index is 0.199. The number of hydrogen-bond donors (Lipinski definition) is 1. The van der Waals surface area contributed by atoms with Gasteiger partial charge in [0.2, 0.25) is 10.0 Å². The van der Waals surface area contributed by atoms with Gasteiger partial charge in [0.15, 0.2) is 11.5 Å². The summed E-state index contributed by atoms with van der Waals surface area (Å²) >= 11 is 0. The molecule has 8 nitrogen and oxygen atoms in total. The lowest BCUT2D eigenvalue weighted by molar-refractivity contribution is 0.102. The van der Waals surface area contributed by atoms with E-state index in [2.05, 4.69) is 10.2 Å². The number of benzene rings is 2. The maximum absolute atomic E-state index is 12.7. The van der Waals surface area contributed by atoms with E-state index in [9.17, 15) is 13.2 Å². The largest absolute Gasteiger partial charge is 0.486 e. The number of hydrogen-bond acceptors (Lipinski definition) is 6. The molecule has 1 saturated heterocycles. The number of nitrogens with one attached hydrogen (secondary N) is 1. The van der Waals surface area contributed by atoms with E-state index >= 15 is 0 Å². The van der Waals surface area contributed by atoms with Crippen LogP contribution in [-0.2, 0) is 16.6 Å². The summed E-state index contributed by atoms with van der Waals surface area (Å²) in [5, 5.41) is 2.90. The Hall–Kier alpha value is -2.62. The SMILES string of the molecule is CS(=O)(=O)N1CCN(Cc2cccc(C(=O)Nc3ccc4c(c3)OCCO4)c2)CC1. The van der Waals surface area contributed by atoms with Crippen molar-refractivity contribution < 1.29 is 22.7 Å². The minimum atomic E-state index is -3.14. The molecule has 1 N–H and O–H groups in total. The molecular weight excluding hydrogens is 406 g/mol. The fourth-order valence-electron chi connectivity index (χ4n) is 3.61. The van der Waals surface area contributed by atoms with Gasteiger partial charge in [0.05, 0.1) is 6.26 Å². The third-order valence-corrected chi connectivity index (χ3v) is 6.50. The topological polar surface area (TPSA) is 88.2 Å². The molecule has 0 radical (unpaired) electrons. The molecule has 30 heavy (non-hydrogen) atoms. The van der Waals surface area contributed by atoms with E-state index in [0.29, 0.717) is 68.7 Å². The molecule has 160 valence electrons. The van der Waals surface area contributed by atoms with Crippen molar-refractivity contribution in [3.8, 4) is 11.5 Å². The molecule has 2 heterocycles. The second-order valence-electron chi connectivity index (χ2n) is 7.45. The van der Waals surface area contributed by atoms with Crippen LogP contribution in [0.2, 0.25) is 0 Å². The van der Waals surface area contributed by atoms with Crippen molar-refractivity contribution in [2.75, 3.05) is 51.0 Å². The second-order valence-corrected chi connectivity index (χ2v) is 9.43. The van der Waals surface area contributed by atoms with Crippen LogP contribution in [0.15, 0.2) is 42.5 Å². The summed E-state index contributed by atoms with van der Waals surface area (Å²) in [6, 6.07) is 12.8. The lowest BCUT2D eigenvalue weighted by Crippen LogP contribution is -2.47. The first-order valence-electron chi connectivity index (χ1n) is 9.86. The van der Waals surface area contributed by atoms with Crippen molar-refractivity contribution in [1.29, 1.82) is 0 Å². The van der Waals surface area contributed by atoms with Crippen LogP contribution in [0.1, 0.15) is 15.9 Å². The number of amides is 1.